The van der Waals surface area contributed by atoms with Gasteiger partial charge in [0.05, 0.1) is 6.61 Å². The molecule has 1 aromatic carbocycles. The Morgan fingerprint density at radius 2 is 1.51 bits per heavy atom. The highest BCUT2D eigenvalue weighted by molar-refractivity contribution is 5.69. The van der Waals surface area contributed by atoms with E-state index in [-0.39, 0.29) is 18.0 Å². The van der Waals surface area contributed by atoms with Gasteiger partial charge in [-0.2, -0.15) is 0 Å². The molecule has 1 aliphatic carbocycles. The van der Waals surface area contributed by atoms with Crippen molar-refractivity contribution in [3.63, 3.8) is 0 Å². The van der Waals surface area contributed by atoms with E-state index in [1.807, 2.05) is 18.2 Å². The van der Waals surface area contributed by atoms with Gasteiger partial charge in [-0.05, 0) is 56.4 Å². The van der Waals surface area contributed by atoms with Gasteiger partial charge in [-0.15, -0.1) is 0 Å². The molecule has 0 fully saturated rings. The summed E-state index contributed by atoms with van der Waals surface area (Å²) in [5.41, 5.74) is 1.09. The van der Waals surface area contributed by atoms with Crippen LogP contribution in [0.25, 0.3) is 0 Å². The van der Waals surface area contributed by atoms with Crippen LogP contribution >= 0.6 is 0 Å². The first kappa shape index (κ1) is 29.1. The number of ether oxygens (including phenoxy) is 2. The van der Waals surface area contributed by atoms with Crippen LogP contribution in [0.5, 0.6) is 0 Å². The maximum atomic E-state index is 12.5. The normalized spacial score (nSPS) is 16.1. The predicted octanol–water partition coefficient (Wildman–Crippen LogP) is 8.65. The topological polar surface area (TPSA) is 52.6 Å². The van der Waals surface area contributed by atoms with E-state index in [0.29, 0.717) is 25.4 Å². The molecule has 0 heterocycles. The Labute approximate surface area is 213 Å². The van der Waals surface area contributed by atoms with Crippen molar-refractivity contribution in [3.8, 4) is 0 Å². The van der Waals surface area contributed by atoms with Gasteiger partial charge in [0.25, 0.3) is 0 Å². The van der Waals surface area contributed by atoms with E-state index in [2.05, 4.69) is 31.2 Å². The molecular weight excluding hydrogens is 436 g/mol. The summed E-state index contributed by atoms with van der Waals surface area (Å²) in [5.74, 6) is 0.348. The smallest absolute Gasteiger partial charge is 0.306 e. The molecule has 0 saturated heterocycles. The molecule has 0 bridgehead atoms. The third-order valence-electron chi connectivity index (χ3n) is 6.84. The van der Waals surface area contributed by atoms with Crippen molar-refractivity contribution in [2.45, 2.75) is 122 Å². The minimum Gasteiger partial charge on any atom is -0.466 e. The van der Waals surface area contributed by atoms with Crippen LogP contribution in [0.4, 0.5) is 0 Å². The molecule has 0 spiro atoms. The van der Waals surface area contributed by atoms with Crippen LogP contribution in [0.1, 0.15) is 128 Å². The quantitative estimate of drug-likeness (QED) is 0.112. The van der Waals surface area contributed by atoms with E-state index >= 15 is 0 Å². The van der Waals surface area contributed by atoms with Crippen molar-refractivity contribution < 1.29 is 19.1 Å². The number of rotatable bonds is 19. The first-order valence-corrected chi connectivity index (χ1v) is 14.3. The van der Waals surface area contributed by atoms with Crippen LogP contribution in [-0.4, -0.2) is 18.5 Å². The average molecular weight is 485 g/mol. The summed E-state index contributed by atoms with van der Waals surface area (Å²) in [6.07, 6.45) is 21.7. The van der Waals surface area contributed by atoms with E-state index in [9.17, 15) is 9.59 Å². The highest BCUT2D eigenvalue weighted by Crippen LogP contribution is 2.31. The number of carbonyl (C=O) groups is 2. The number of esters is 2. The monoisotopic (exact) mass is 484 g/mol. The minimum absolute atomic E-state index is 0.0556. The minimum atomic E-state index is -0.160. The second kappa shape index (κ2) is 19.1. The van der Waals surface area contributed by atoms with Gasteiger partial charge in [0.2, 0.25) is 0 Å². The molecule has 2 rings (SSSR count). The fourth-order valence-electron chi connectivity index (χ4n) is 4.70. The summed E-state index contributed by atoms with van der Waals surface area (Å²) < 4.78 is 11.3. The van der Waals surface area contributed by atoms with E-state index in [4.69, 9.17) is 9.47 Å². The number of carbonyl (C=O) groups excluding carboxylic acids is 2. The third kappa shape index (κ3) is 14.1. The molecule has 4 nitrogen and oxygen atoms in total. The summed E-state index contributed by atoms with van der Waals surface area (Å²) in [7, 11) is 0. The first-order chi connectivity index (χ1) is 17.2. The van der Waals surface area contributed by atoms with Gasteiger partial charge in [0.15, 0.2) is 0 Å². The van der Waals surface area contributed by atoms with E-state index < -0.39 is 0 Å². The second-order valence-corrected chi connectivity index (χ2v) is 10.0. The first-order valence-electron chi connectivity index (χ1n) is 14.3. The summed E-state index contributed by atoms with van der Waals surface area (Å²) >= 11 is 0. The van der Waals surface area contributed by atoms with E-state index in [1.165, 1.54) is 32.1 Å². The Morgan fingerprint density at radius 3 is 2.20 bits per heavy atom. The van der Waals surface area contributed by atoms with Crippen molar-refractivity contribution >= 4 is 11.9 Å². The predicted molar refractivity (Wildman–Crippen MR) is 143 cm³/mol. The molecule has 35 heavy (non-hydrogen) atoms. The van der Waals surface area contributed by atoms with Crippen molar-refractivity contribution in [1.82, 2.24) is 0 Å². The molecule has 196 valence electrons. The van der Waals surface area contributed by atoms with Crippen molar-refractivity contribution in [3.05, 3.63) is 48.0 Å². The number of unbranched alkanes of at least 4 members (excludes halogenated alkanes) is 9. The lowest BCUT2D eigenvalue weighted by molar-refractivity contribution is -0.150. The lowest BCUT2D eigenvalue weighted by Crippen LogP contribution is -2.15. The van der Waals surface area contributed by atoms with Gasteiger partial charge >= 0.3 is 11.9 Å². The number of hydrogen-bond acceptors (Lipinski definition) is 4. The Morgan fingerprint density at radius 1 is 0.857 bits per heavy atom. The standard InChI is InChI=1S/C31H48O4/c1-2-3-4-9-18-25-34-30(32)23-16-7-5-6-8-17-24-31(33)35-29(28-21-14-11-15-22-28)26-27-19-12-10-13-20-27/h11-12,14-15,19,21-22,27,29H,2-10,13,16-18,20,23-26H2,1H3. The zero-order chi connectivity index (χ0) is 25.0. The van der Waals surface area contributed by atoms with Crippen molar-refractivity contribution in [1.29, 1.82) is 0 Å². The summed E-state index contributed by atoms with van der Waals surface area (Å²) in [6, 6.07) is 10.2. The number of allylic oxidation sites excluding steroid dienone is 2. The molecule has 1 aliphatic rings. The van der Waals surface area contributed by atoms with Gasteiger partial charge < -0.3 is 9.47 Å². The molecule has 0 radical (unpaired) electrons. The fourth-order valence-corrected chi connectivity index (χ4v) is 4.70. The lowest BCUT2D eigenvalue weighted by atomic mass is 9.89. The van der Waals surface area contributed by atoms with E-state index in [0.717, 1.165) is 69.8 Å². The second-order valence-electron chi connectivity index (χ2n) is 10.0. The SMILES string of the molecule is CCCCCCCOC(=O)CCCCCCCCC(=O)OC(CC1C=CCCC1)c1ccccc1. The lowest BCUT2D eigenvalue weighted by Gasteiger charge is -2.24. The molecule has 4 heteroatoms. The molecule has 2 atom stereocenters. The number of benzene rings is 1. The van der Waals surface area contributed by atoms with Crippen molar-refractivity contribution in [2.75, 3.05) is 6.61 Å². The van der Waals surface area contributed by atoms with Gasteiger partial charge in [-0.1, -0.05) is 101 Å². The molecule has 2 unspecified atom stereocenters. The van der Waals surface area contributed by atoms with Crippen LogP contribution in [-0.2, 0) is 19.1 Å². The van der Waals surface area contributed by atoms with Crippen LogP contribution in [0.15, 0.2) is 42.5 Å². The van der Waals surface area contributed by atoms with Crippen LogP contribution < -0.4 is 0 Å². The molecule has 0 aromatic heterocycles. The molecular formula is C31H48O4. The average Bonchev–Trinajstić information content (AvgIpc) is 2.88. The summed E-state index contributed by atoms with van der Waals surface area (Å²) in [6.45, 7) is 2.77. The van der Waals surface area contributed by atoms with Gasteiger partial charge in [-0.25, -0.2) is 0 Å². The Kier molecular flexibility index (Phi) is 15.9. The molecule has 0 amide bonds. The number of hydrogen-bond donors (Lipinski definition) is 0. The zero-order valence-electron chi connectivity index (χ0n) is 22.1. The fraction of sp³-hybridized carbons (Fsp3) is 0.677. The molecule has 1 aromatic rings. The largest absolute Gasteiger partial charge is 0.466 e. The highest BCUT2D eigenvalue weighted by atomic mass is 16.5. The Hall–Kier alpha value is -2.10. The summed E-state index contributed by atoms with van der Waals surface area (Å²) in [5, 5.41) is 0. The van der Waals surface area contributed by atoms with Crippen LogP contribution in [0.2, 0.25) is 0 Å². The third-order valence-corrected chi connectivity index (χ3v) is 6.84. The van der Waals surface area contributed by atoms with Gasteiger partial charge in [0, 0.05) is 12.8 Å². The van der Waals surface area contributed by atoms with Gasteiger partial charge in [-0.3, -0.25) is 9.59 Å². The molecule has 0 N–H and O–H groups in total. The Bertz CT molecular complexity index is 712. The Balaban J connectivity index is 1.52. The molecule has 0 aliphatic heterocycles. The van der Waals surface area contributed by atoms with Crippen molar-refractivity contribution in [2.24, 2.45) is 5.92 Å². The zero-order valence-corrected chi connectivity index (χ0v) is 22.1. The van der Waals surface area contributed by atoms with E-state index in [1.54, 1.807) is 0 Å². The van der Waals surface area contributed by atoms with Gasteiger partial charge in [0.1, 0.15) is 6.10 Å². The summed E-state index contributed by atoms with van der Waals surface area (Å²) in [4.78, 5) is 24.3. The molecule has 0 saturated carbocycles. The van der Waals surface area contributed by atoms with Crippen LogP contribution in [0.3, 0.4) is 0 Å². The highest BCUT2D eigenvalue weighted by Gasteiger charge is 2.21. The van der Waals surface area contributed by atoms with Crippen LogP contribution in [0, 0.1) is 5.92 Å². The maximum absolute atomic E-state index is 12.5. The maximum Gasteiger partial charge on any atom is 0.306 e.